The van der Waals surface area contributed by atoms with Crippen LogP contribution in [0.1, 0.15) is 13.8 Å². The van der Waals surface area contributed by atoms with E-state index in [1.54, 1.807) is 6.20 Å². The lowest BCUT2D eigenvalue weighted by Gasteiger charge is -2.43. The van der Waals surface area contributed by atoms with Crippen LogP contribution in [0.15, 0.2) is 22.8 Å². The Labute approximate surface area is 110 Å². The summed E-state index contributed by atoms with van der Waals surface area (Å²) in [5, 5.41) is 0. The Bertz CT molecular complexity index is 397. The molecule has 17 heavy (non-hydrogen) atoms. The van der Waals surface area contributed by atoms with Crippen molar-refractivity contribution in [3.05, 3.63) is 22.8 Å². The van der Waals surface area contributed by atoms with E-state index in [2.05, 4.69) is 39.7 Å². The lowest BCUT2D eigenvalue weighted by atomic mass is 10.1. The molecule has 0 saturated carbocycles. The van der Waals surface area contributed by atoms with Crippen molar-refractivity contribution < 1.29 is 4.74 Å². The van der Waals surface area contributed by atoms with Gasteiger partial charge in [-0.2, -0.15) is 0 Å². The molecule has 1 aromatic heterocycles. The monoisotopic (exact) mass is 299 g/mol. The summed E-state index contributed by atoms with van der Waals surface area (Å²) in [7, 11) is 0. The van der Waals surface area contributed by atoms with E-state index in [0.29, 0.717) is 6.54 Å². The van der Waals surface area contributed by atoms with E-state index >= 15 is 0 Å². The number of ether oxygens (including phenoxy) is 1. The number of nitrogens with zero attached hydrogens (tertiary/aromatic N) is 2. The molecule has 2 heterocycles. The van der Waals surface area contributed by atoms with Crippen molar-refractivity contribution in [2.24, 2.45) is 5.73 Å². The topological polar surface area (TPSA) is 51.4 Å². The molecule has 0 radical (unpaired) electrons. The van der Waals surface area contributed by atoms with Crippen LogP contribution in [0.5, 0.6) is 0 Å². The molecule has 1 aromatic rings. The quantitative estimate of drug-likeness (QED) is 0.904. The number of morpholine rings is 1. The first kappa shape index (κ1) is 12.8. The van der Waals surface area contributed by atoms with Gasteiger partial charge in [0.15, 0.2) is 0 Å². The van der Waals surface area contributed by atoms with Crippen molar-refractivity contribution in [2.45, 2.75) is 25.6 Å². The van der Waals surface area contributed by atoms with Gasteiger partial charge in [0.1, 0.15) is 5.82 Å². The maximum absolute atomic E-state index is 5.90. The third kappa shape index (κ3) is 2.97. The predicted molar refractivity (Wildman–Crippen MR) is 72.2 cm³/mol. The van der Waals surface area contributed by atoms with Gasteiger partial charge in [-0.15, -0.1) is 0 Å². The van der Waals surface area contributed by atoms with Gasteiger partial charge >= 0.3 is 0 Å². The van der Waals surface area contributed by atoms with Crippen LogP contribution in [-0.2, 0) is 4.74 Å². The predicted octanol–water partition coefficient (Wildman–Crippen LogP) is 1.79. The number of hydrogen-bond donors (Lipinski definition) is 1. The average Bonchev–Trinajstić information content (AvgIpc) is 2.27. The van der Waals surface area contributed by atoms with Crippen LogP contribution in [0.2, 0.25) is 0 Å². The average molecular weight is 300 g/mol. The standard InChI is InChI=1S/C12H18BrN3O/c1-12(2)8-16(7-9(6-14)17-12)11-10(13)4-3-5-15-11/h3-5,9H,6-8,14H2,1-2H3. The fourth-order valence-electron chi connectivity index (χ4n) is 2.19. The van der Waals surface area contributed by atoms with Gasteiger partial charge in [0.2, 0.25) is 0 Å². The van der Waals surface area contributed by atoms with Crippen LogP contribution < -0.4 is 10.6 Å². The second kappa shape index (κ2) is 4.92. The largest absolute Gasteiger partial charge is 0.367 e. The number of rotatable bonds is 2. The molecule has 0 bridgehead atoms. The molecule has 0 amide bonds. The molecule has 1 aliphatic heterocycles. The van der Waals surface area contributed by atoms with Gasteiger partial charge in [0.05, 0.1) is 16.2 Å². The number of nitrogens with two attached hydrogens (primary N) is 1. The summed E-state index contributed by atoms with van der Waals surface area (Å²) in [6, 6.07) is 3.92. The minimum Gasteiger partial charge on any atom is -0.367 e. The van der Waals surface area contributed by atoms with Gasteiger partial charge < -0.3 is 15.4 Å². The van der Waals surface area contributed by atoms with E-state index < -0.39 is 0 Å². The van der Waals surface area contributed by atoms with Crippen LogP contribution in [0.3, 0.4) is 0 Å². The lowest BCUT2D eigenvalue weighted by molar-refractivity contribution is -0.0790. The van der Waals surface area contributed by atoms with Crippen molar-refractivity contribution in [1.29, 1.82) is 0 Å². The molecule has 0 spiro atoms. The van der Waals surface area contributed by atoms with Crippen molar-refractivity contribution in [2.75, 3.05) is 24.5 Å². The number of halogens is 1. The normalized spacial score (nSPS) is 23.8. The molecule has 0 aromatic carbocycles. The lowest BCUT2D eigenvalue weighted by Crippen LogP contribution is -2.55. The molecule has 1 unspecified atom stereocenters. The zero-order valence-corrected chi connectivity index (χ0v) is 11.8. The Morgan fingerprint density at radius 1 is 1.65 bits per heavy atom. The summed E-state index contributed by atoms with van der Waals surface area (Å²) in [6.07, 6.45) is 1.87. The molecule has 1 saturated heterocycles. The first-order valence-electron chi connectivity index (χ1n) is 5.75. The Morgan fingerprint density at radius 3 is 3.06 bits per heavy atom. The van der Waals surface area contributed by atoms with Crippen LogP contribution >= 0.6 is 15.9 Å². The highest BCUT2D eigenvalue weighted by Gasteiger charge is 2.33. The van der Waals surface area contributed by atoms with E-state index in [9.17, 15) is 0 Å². The molecule has 4 nitrogen and oxygen atoms in total. The van der Waals surface area contributed by atoms with Crippen molar-refractivity contribution in [3.8, 4) is 0 Å². The highest BCUT2D eigenvalue weighted by atomic mass is 79.9. The fourth-order valence-corrected chi connectivity index (χ4v) is 2.70. The van der Waals surface area contributed by atoms with Crippen LogP contribution in [0.25, 0.3) is 0 Å². The Balaban J connectivity index is 2.24. The highest BCUT2D eigenvalue weighted by molar-refractivity contribution is 9.10. The van der Waals surface area contributed by atoms with Gasteiger partial charge in [-0.05, 0) is 41.9 Å². The maximum atomic E-state index is 5.90. The van der Waals surface area contributed by atoms with Gasteiger partial charge in [0, 0.05) is 25.8 Å². The zero-order valence-electron chi connectivity index (χ0n) is 10.2. The van der Waals surface area contributed by atoms with Gasteiger partial charge in [-0.3, -0.25) is 0 Å². The Morgan fingerprint density at radius 2 is 2.41 bits per heavy atom. The third-order valence-electron chi connectivity index (χ3n) is 2.78. The molecule has 1 aliphatic rings. The fraction of sp³-hybridized carbons (Fsp3) is 0.583. The number of aromatic nitrogens is 1. The number of hydrogen-bond acceptors (Lipinski definition) is 4. The summed E-state index contributed by atoms with van der Waals surface area (Å²) < 4.78 is 6.91. The van der Waals surface area contributed by atoms with Crippen LogP contribution in [0, 0.1) is 0 Å². The van der Waals surface area contributed by atoms with E-state index in [-0.39, 0.29) is 11.7 Å². The first-order chi connectivity index (χ1) is 8.02. The molecule has 5 heteroatoms. The molecular formula is C12H18BrN3O. The third-order valence-corrected chi connectivity index (χ3v) is 3.40. The molecule has 1 atom stereocenters. The number of anilines is 1. The highest BCUT2D eigenvalue weighted by Crippen LogP contribution is 2.29. The zero-order chi connectivity index (χ0) is 12.5. The Hall–Kier alpha value is -0.650. The molecule has 2 rings (SSSR count). The maximum Gasteiger partial charge on any atom is 0.143 e. The van der Waals surface area contributed by atoms with E-state index in [1.165, 1.54) is 0 Å². The van der Waals surface area contributed by atoms with Crippen molar-refractivity contribution >= 4 is 21.7 Å². The van der Waals surface area contributed by atoms with Gasteiger partial charge in [-0.1, -0.05) is 0 Å². The second-order valence-corrected chi connectivity index (χ2v) is 5.78. The summed E-state index contributed by atoms with van der Waals surface area (Å²) in [6.45, 7) is 6.30. The molecule has 1 fully saturated rings. The minimum atomic E-state index is -0.195. The smallest absolute Gasteiger partial charge is 0.143 e. The van der Waals surface area contributed by atoms with Crippen molar-refractivity contribution in [3.63, 3.8) is 0 Å². The van der Waals surface area contributed by atoms with E-state index in [0.717, 1.165) is 23.4 Å². The summed E-state index contributed by atoms with van der Waals surface area (Å²) in [5.74, 6) is 0.960. The first-order valence-corrected chi connectivity index (χ1v) is 6.54. The van der Waals surface area contributed by atoms with Gasteiger partial charge in [-0.25, -0.2) is 4.98 Å². The molecular weight excluding hydrogens is 282 g/mol. The summed E-state index contributed by atoms with van der Waals surface area (Å²) in [4.78, 5) is 6.65. The molecule has 2 N–H and O–H groups in total. The van der Waals surface area contributed by atoms with E-state index in [4.69, 9.17) is 10.5 Å². The second-order valence-electron chi connectivity index (χ2n) is 4.92. The molecule has 0 aliphatic carbocycles. The summed E-state index contributed by atoms with van der Waals surface area (Å²) >= 11 is 3.53. The van der Waals surface area contributed by atoms with Crippen LogP contribution in [-0.4, -0.2) is 36.3 Å². The summed E-state index contributed by atoms with van der Waals surface area (Å²) in [5.41, 5.74) is 5.52. The van der Waals surface area contributed by atoms with Crippen LogP contribution in [0.4, 0.5) is 5.82 Å². The van der Waals surface area contributed by atoms with E-state index in [1.807, 2.05) is 12.1 Å². The Kier molecular flexibility index (Phi) is 3.70. The molecule has 94 valence electrons. The number of pyridine rings is 1. The minimum absolute atomic E-state index is 0.0626. The SMILES string of the molecule is CC1(C)CN(c2ncccc2Br)CC(CN)O1. The van der Waals surface area contributed by atoms with Gasteiger partial charge in [0.25, 0.3) is 0 Å². The van der Waals surface area contributed by atoms with Crippen molar-refractivity contribution in [1.82, 2.24) is 4.98 Å².